The third-order valence-corrected chi connectivity index (χ3v) is 10.1. The summed E-state index contributed by atoms with van der Waals surface area (Å²) in [4.78, 5) is 12.8. The second-order valence-corrected chi connectivity index (χ2v) is 12.8. The van der Waals surface area contributed by atoms with Crippen molar-refractivity contribution in [3.05, 3.63) is 89.4 Å². The van der Waals surface area contributed by atoms with Crippen LogP contribution in [0.3, 0.4) is 0 Å². The molecule has 0 aliphatic carbocycles. The summed E-state index contributed by atoms with van der Waals surface area (Å²) in [5.74, 6) is -0.305. The van der Waals surface area contributed by atoms with Crippen molar-refractivity contribution in [2.24, 2.45) is 0 Å². The molecule has 196 valence electrons. The van der Waals surface area contributed by atoms with Gasteiger partial charge >= 0.3 is 0 Å². The van der Waals surface area contributed by atoms with E-state index in [1.807, 2.05) is 18.2 Å². The summed E-state index contributed by atoms with van der Waals surface area (Å²) in [5, 5.41) is 4.74. The average Bonchev–Trinajstić information content (AvgIpc) is 3.10. The fraction of sp³-hybridized carbons (Fsp3) is 0.148. The third kappa shape index (κ3) is 4.82. The quantitative estimate of drug-likeness (QED) is 0.290. The summed E-state index contributed by atoms with van der Waals surface area (Å²) in [6.45, 7) is 1.88. The number of anilines is 3. The Morgan fingerprint density at radius 3 is 2.37 bits per heavy atom. The zero-order valence-corrected chi connectivity index (χ0v) is 22.7. The van der Waals surface area contributed by atoms with Crippen molar-refractivity contribution in [3.63, 3.8) is 0 Å². The first-order chi connectivity index (χ1) is 18.1. The maximum Gasteiger partial charge on any atom is 0.265 e. The lowest BCUT2D eigenvalue weighted by Gasteiger charge is -2.18. The number of benzene rings is 4. The number of hydrogen-bond donors (Lipinski definition) is 2. The molecule has 0 fully saturated rings. The first-order valence-corrected chi connectivity index (χ1v) is 15.1. The molecule has 5 rings (SSSR count). The van der Waals surface area contributed by atoms with Crippen LogP contribution in [0.1, 0.15) is 18.4 Å². The Morgan fingerprint density at radius 1 is 0.947 bits per heavy atom. The highest BCUT2D eigenvalue weighted by atomic mass is 35.5. The summed E-state index contributed by atoms with van der Waals surface area (Å²) in [7, 11) is -7.53. The first kappa shape index (κ1) is 26.0. The highest BCUT2D eigenvalue weighted by Crippen LogP contribution is 2.42. The first-order valence-electron chi connectivity index (χ1n) is 11.8. The second-order valence-electron chi connectivity index (χ2n) is 8.90. The van der Waals surface area contributed by atoms with Crippen LogP contribution in [0.25, 0.3) is 10.8 Å². The third-order valence-electron chi connectivity index (χ3n) is 6.41. The van der Waals surface area contributed by atoms with E-state index in [0.717, 1.165) is 5.39 Å². The molecule has 1 aliphatic heterocycles. The van der Waals surface area contributed by atoms with Crippen molar-refractivity contribution < 1.29 is 21.6 Å². The Morgan fingerprint density at radius 2 is 1.63 bits per heavy atom. The van der Waals surface area contributed by atoms with Gasteiger partial charge in [-0.15, -0.1) is 0 Å². The Labute approximate surface area is 226 Å². The van der Waals surface area contributed by atoms with Crippen LogP contribution in [0.15, 0.2) is 88.7 Å². The number of rotatable bonds is 8. The number of halogens is 1. The zero-order valence-electron chi connectivity index (χ0n) is 20.3. The summed E-state index contributed by atoms with van der Waals surface area (Å²) in [6.07, 6.45) is 0.402. The lowest BCUT2D eigenvalue weighted by Crippen LogP contribution is -2.28. The fourth-order valence-electron chi connectivity index (χ4n) is 4.44. The van der Waals surface area contributed by atoms with E-state index in [-0.39, 0.29) is 28.7 Å². The maximum atomic E-state index is 13.1. The van der Waals surface area contributed by atoms with Crippen molar-refractivity contribution in [2.45, 2.75) is 29.6 Å². The van der Waals surface area contributed by atoms with Crippen LogP contribution in [-0.2, 0) is 24.8 Å². The molecule has 38 heavy (non-hydrogen) atoms. The minimum Gasteiger partial charge on any atom is -0.326 e. The molecule has 0 bridgehead atoms. The molecule has 0 saturated carbocycles. The average molecular weight is 570 g/mol. The number of amides is 1. The minimum absolute atomic E-state index is 0.0304. The topological polar surface area (TPSA) is 113 Å². The molecule has 0 spiro atoms. The Bertz CT molecular complexity index is 1770. The largest absolute Gasteiger partial charge is 0.326 e. The van der Waals surface area contributed by atoms with Crippen molar-refractivity contribution in [3.8, 4) is 0 Å². The van der Waals surface area contributed by atoms with Crippen LogP contribution in [0.5, 0.6) is 0 Å². The van der Waals surface area contributed by atoms with Crippen molar-refractivity contribution in [1.82, 2.24) is 0 Å². The SMILES string of the molecule is Cc1c(Cl)cccc1NS(=O)(=O)c1ccc(NC(=O)CCCN2c3cccc4cccc(c34)S2(=O)=O)cc1. The molecule has 0 atom stereocenters. The molecule has 0 unspecified atom stereocenters. The lowest BCUT2D eigenvalue weighted by molar-refractivity contribution is -0.116. The minimum atomic E-state index is -3.86. The van der Waals surface area contributed by atoms with E-state index in [4.69, 9.17) is 11.6 Å². The Kier molecular flexibility index (Phi) is 6.81. The van der Waals surface area contributed by atoms with E-state index in [0.29, 0.717) is 39.5 Å². The number of nitrogens with one attached hydrogen (secondary N) is 2. The van der Waals surface area contributed by atoms with E-state index in [1.165, 1.54) is 28.6 Å². The summed E-state index contributed by atoms with van der Waals surface area (Å²) >= 11 is 6.08. The van der Waals surface area contributed by atoms with Gasteiger partial charge in [0.15, 0.2) is 0 Å². The smallest absolute Gasteiger partial charge is 0.265 e. The molecule has 1 aliphatic rings. The molecule has 2 N–H and O–H groups in total. The van der Waals surface area contributed by atoms with Gasteiger partial charge in [0.05, 0.1) is 21.2 Å². The van der Waals surface area contributed by atoms with E-state index >= 15 is 0 Å². The molecule has 1 heterocycles. The van der Waals surface area contributed by atoms with Gasteiger partial charge in [0.2, 0.25) is 5.91 Å². The van der Waals surface area contributed by atoms with Gasteiger partial charge in [-0.2, -0.15) is 0 Å². The van der Waals surface area contributed by atoms with Crippen LogP contribution in [0.4, 0.5) is 17.1 Å². The van der Waals surface area contributed by atoms with Gasteiger partial charge in [-0.25, -0.2) is 16.8 Å². The van der Waals surface area contributed by atoms with E-state index in [1.54, 1.807) is 43.3 Å². The highest BCUT2D eigenvalue weighted by molar-refractivity contribution is 7.93. The number of carbonyl (C=O) groups excluding carboxylic acids is 1. The number of carbonyl (C=O) groups is 1. The van der Waals surface area contributed by atoms with Gasteiger partial charge in [0, 0.05) is 29.1 Å². The van der Waals surface area contributed by atoms with Gasteiger partial charge in [-0.1, -0.05) is 41.9 Å². The van der Waals surface area contributed by atoms with Gasteiger partial charge in [0.1, 0.15) is 0 Å². The van der Waals surface area contributed by atoms with Crippen molar-refractivity contribution in [2.75, 3.05) is 20.9 Å². The van der Waals surface area contributed by atoms with Gasteiger partial charge < -0.3 is 5.32 Å². The number of nitrogens with zero attached hydrogens (tertiary/aromatic N) is 1. The molecule has 0 saturated heterocycles. The van der Waals surface area contributed by atoms with Gasteiger partial charge in [-0.05, 0) is 72.8 Å². The predicted molar refractivity (Wildman–Crippen MR) is 150 cm³/mol. The normalized spacial score (nSPS) is 14.0. The summed E-state index contributed by atoms with van der Waals surface area (Å²) in [5.41, 5.74) is 2.05. The molecule has 4 aromatic rings. The van der Waals surface area contributed by atoms with Crippen LogP contribution in [0.2, 0.25) is 5.02 Å². The molecule has 4 aromatic carbocycles. The summed E-state index contributed by atoms with van der Waals surface area (Å²) in [6, 6.07) is 21.4. The molecule has 1 amide bonds. The Hall–Kier alpha value is -3.60. The van der Waals surface area contributed by atoms with E-state index in [9.17, 15) is 21.6 Å². The maximum absolute atomic E-state index is 13.1. The molecular weight excluding hydrogens is 546 g/mol. The molecule has 0 aromatic heterocycles. The van der Waals surface area contributed by atoms with Crippen LogP contribution in [0, 0.1) is 6.92 Å². The Balaban J connectivity index is 1.20. The van der Waals surface area contributed by atoms with E-state index in [2.05, 4.69) is 10.0 Å². The molecule has 0 radical (unpaired) electrons. The van der Waals surface area contributed by atoms with Crippen LogP contribution in [-0.4, -0.2) is 29.3 Å². The lowest BCUT2D eigenvalue weighted by atomic mass is 10.1. The highest BCUT2D eigenvalue weighted by Gasteiger charge is 2.35. The second kappa shape index (κ2) is 9.94. The number of sulfonamides is 2. The molecule has 11 heteroatoms. The molecular formula is C27H24ClN3O5S2. The zero-order chi connectivity index (χ0) is 27.1. The van der Waals surface area contributed by atoms with Crippen LogP contribution >= 0.6 is 11.6 Å². The van der Waals surface area contributed by atoms with E-state index < -0.39 is 20.0 Å². The predicted octanol–water partition coefficient (Wildman–Crippen LogP) is 5.53. The van der Waals surface area contributed by atoms with Crippen LogP contribution < -0.4 is 14.3 Å². The fourth-order valence-corrected chi connectivity index (χ4v) is 7.49. The van der Waals surface area contributed by atoms with Crippen molar-refractivity contribution >= 4 is 65.4 Å². The summed E-state index contributed by atoms with van der Waals surface area (Å²) < 4.78 is 55.5. The number of hydrogen-bond acceptors (Lipinski definition) is 5. The standard InChI is InChI=1S/C27H24ClN3O5S2/c1-18-22(28)8-4-9-23(18)30-37(33,34)21-15-13-20(14-16-21)29-26(32)12-5-17-31-24-10-2-6-19-7-3-11-25(27(19)24)38(31,35)36/h2-4,6-11,13-16,30H,5,12,17H2,1H3,(H,29,32). The molecule has 8 nitrogen and oxygen atoms in total. The van der Waals surface area contributed by atoms with Gasteiger partial charge in [0.25, 0.3) is 20.0 Å². The van der Waals surface area contributed by atoms with Crippen molar-refractivity contribution in [1.29, 1.82) is 0 Å². The van der Waals surface area contributed by atoms with Gasteiger partial charge in [-0.3, -0.25) is 13.8 Å². The monoisotopic (exact) mass is 569 g/mol.